The first-order valence-electron chi connectivity index (χ1n) is 5.94. The third-order valence-electron chi connectivity index (χ3n) is 2.99. The van der Waals surface area contributed by atoms with Gasteiger partial charge in [0.1, 0.15) is 11.6 Å². The standard InChI is InChI=1S/C15H9F2NOS/c16-11-2-1-9(12(17)7-11)5-14(19)10-6-15-13(18-8-10)3-4-20-15/h1-4,6-8H,5H2. The average Bonchev–Trinajstić information content (AvgIpc) is 2.89. The highest BCUT2D eigenvalue weighted by atomic mass is 32.1. The fourth-order valence-electron chi connectivity index (χ4n) is 1.94. The number of pyridine rings is 1. The molecule has 2 aromatic heterocycles. The Hall–Kier alpha value is -2.14. The van der Waals surface area contributed by atoms with Crippen LogP contribution in [0.1, 0.15) is 15.9 Å². The molecule has 0 radical (unpaired) electrons. The van der Waals surface area contributed by atoms with Crippen molar-refractivity contribution in [2.75, 3.05) is 0 Å². The minimum Gasteiger partial charge on any atom is -0.294 e. The van der Waals surface area contributed by atoms with Crippen molar-refractivity contribution in [3.8, 4) is 0 Å². The van der Waals surface area contributed by atoms with Crippen molar-refractivity contribution in [1.29, 1.82) is 0 Å². The Kier molecular flexibility index (Phi) is 3.28. The molecule has 0 saturated heterocycles. The largest absolute Gasteiger partial charge is 0.294 e. The van der Waals surface area contributed by atoms with Gasteiger partial charge in [0.15, 0.2) is 5.78 Å². The van der Waals surface area contributed by atoms with E-state index in [9.17, 15) is 13.6 Å². The van der Waals surface area contributed by atoms with E-state index in [2.05, 4.69) is 4.98 Å². The van der Waals surface area contributed by atoms with E-state index in [4.69, 9.17) is 0 Å². The number of Topliss-reactive ketones (excluding diaryl/α,β-unsaturated/α-hetero) is 1. The molecule has 1 aromatic carbocycles. The highest BCUT2D eigenvalue weighted by Crippen LogP contribution is 2.20. The van der Waals surface area contributed by atoms with Crippen molar-refractivity contribution in [2.45, 2.75) is 6.42 Å². The quantitative estimate of drug-likeness (QED) is 0.682. The summed E-state index contributed by atoms with van der Waals surface area (Å²) in [4.78, 5) is 16.3. The van der Waals surface area contributed by atoms with Gasteiger partial charge < -0.3 is 0 Å². The molecule has 0 N–H and O–H groups in total. The first-order chi connectivity index (χ1) is 9.63. The molecule has 0 saturated carbocycles. The molecule has 20 heavy (non-hydrogen) atoms. The molecule has 0 fully saturated rings. The summed E-state index contributed by atoms with van der Waals surface area (Å²) in [5.74, 6) is -1.60. The lowest BCUT2D eigenvalue weighted by Crippen LogP contribution is -2.05. The summed E-state index contributed by atoms with van der Waals surface area (Å²) in [6.07, 6.45) is 1.38. The molecule has 5 heteroatoms. The number of ketones is 1. The van der Waals surface area contributed by atoms with Gasteiger partial charge in [0.2, 0.25) is 0 Å². The molecule has 100 valence electrons. The molecule has 0 aliphatic heterocycles. The summed E-state index contributed by atoms with van der Waals surface area (Å²) >= 11 is 1.49. The molecule has 0 aliphatic carbocycles. The Bertz CT molecular complexity index is 797. The van der Waals surface area contributed by atoms with Gasteiger partial charge >= 0.3 is 0 Å². The first kappa shape index (κ1) is 12.9. The minimum absolute atomic E-state index is 0.106. The van der Waals surface area contributed by atoms with Crippen molar-refractivity contribution >= 4 is 27.3 Å². The highest BCUT2D eigenvalue weighted by Gasteiger charge is 2.12. The van der Waals surface area contributed by atoms with Gasteiger partial charge in [0, 0.05) is 24.2 Å². The molecule has 0 amide bonds. The molecule has 2 nitrogen and oxygen atoms in total. The predicted molar refractivity (Wildman–Crippen MR) is 74.0 cm³/mol. The Morgan fingerprint density at radius 3 is 2.85 bits per heavy atom. The van der Waals surface area contributed by atoms with Crippen LogP contribution in [-0.4, -0.2) is 10.8 Å². The van der Waals surface area contributed by atoms with Crippen LogP contribution in [0.15, 0.2) is 41.9 Å². The van der Waals surface area contributed by atoms with Crippen LogP contribution in [0.25, 0.3) is 10.2 Å². The fraction of sp³-hybridized carbons (Fsp3) is 0.0667. The monoisotopic (exact) mass is 289 g/mol. The summed E-state index contributed by atoms with van der Waals surface area (Å²) in [5.41, 5.74) is 1.45. The normalized spacial score (nSPS) is 10.9. The third-order valence-corrected chi connectivity index (χ3v) is 3.84. The van der Waals surface area contributed by atoms with Crippen LogP contribution in [0, 0.1) is 11.6 Å². The Balaban J connectivity index is 1.88. The van der Waals surface area contributed by atoms with E-state index < -0.39 is 11.6 Å². The van der Waals surface area contributed by atoms with E-state index in [0.717, 1.165) is 22.3 Å². The zero-order valence-corrected chi connectivity index (χ0v) is 11.1. The molecule has 0 atom stereocenters. The molecule has 0 spiro atoms. The number of nitrogens with zero attached hydrogens (tertiary/aromatic N) is 1. The molecule has 0 bridgehead atoms. The van der Waals surface area contributed by atoms with Gasteiger partial charge in [-0.15, -0.1) is 11.3 Å². The van der Waals surface area contributed by atoms with Crippen molar-refractivity contribution in [1.82, 2.24) is 4.98 Å². The Morgan fingerprint density at radius 1 is 1.20 bits per heavy atom. The summed E-state index contributed by atoms with van der Waals surface area (Å²) in [6.45, 7) is 0. The number of carbonyl (C=O) groups excluding carboxylic acids is 1. The van der Waals surface area contributed by atoms with Gasteiger partial charge in [0.05, 0.1) is 10.2 Å². The van der Waals surface area contributed by atoms with Gasteiger partial charge in [-0.1, -0.05) is 6.07 Å². The minimum atomic E-state index is -0.705. The lowest BCUT2D eigenvalue weighted by Gasteiger charge is -2.03. The number of carbonyl (C=O) groups is 1. The second-order valence-electron chi connectivity index (χ2n) is 4.36. The summed E-state index contributed by atoms with van der Waals surface area (Å²) in [5, 5.41) is 1.89. The molecular weight excluding hydrogens is 280 g/mol. The van der Waals surface area contributed by atoms with Crippen molar-refractivity contribution in [2.24, 2.45) is 0 Å². The lowest BCUT2D eigenvalue weighted by atomic mass is 10.0. The van der Waals surface area contributed by atoms with Crippen LogP contribution < -0.4 is 0 Å². The number of aromatic nitrogens is 1. The number of benzene rings is 1. The summed E-state index contributed by atoms with van der Waals surface area (Å²) in [7, 11) is 0. The van der Waals surface area contributed by atoms with Gasteiger partial charge in [-0.2, -0.15) is 0 Å². The smallest absolute Gasteiger partial charge is 0.168 e. The maximum atomic E-state index is 13.5. The summed E-state index contributed by atoms with van der Waals surface area (Å²) < 4.78 is 27.2. The zero-order chi connectivity index (χ0) is 14.1. The second-order valence-corrected chi connectivity index (χ2v) is 5.31. The average molecular weight is 289 g/mol. The van der Waals surface area contributed by atoms with Gasteiger partial charge in [-0.05, 0) is 29.1 Å². The first-order valence-corrected chi connectivity index (χ1v) is 6.82. The fourth-order valence-corrected chi connectivity index (χ4v) is 2.72. The number of thiophene rings is 1. The molecule has 3 rings (SSSR count). The van der Waals surface area contributed by atoms with Gasteiger partial charge in [-0.25, -0.2) is 8.78 Å². The van der Waals surface area contributed by atoms with E-state index in [1.807, 2.05) is 11.4 Å². The van der Waals surface area contributed by atoms with Crippen LogP contribution in [0.5, 0.6) is 0 Å². The van der Waals surface area contributed by atoms with Crippen LogP contribution in [0.2, 0.25) is 0 Å². The predicted octanol–water partition coefficient (Wildman–Crippen LogP) is 4.00. The van der Waals surface area contributed by atoms with Crippen molar-refractivity contribution < 1.29 is 13.6 Å². The van der Waals surface area contributed by atoms with Crippen LogP contribution in [0.4, 0.5) is 8.78 Å². The van der Waals surface area contributed by atoms with Gasteiger partial charge in [0.25, 0.3) is 0 Å². The SMILES string of the molecule is O=C(Cc1ccc(F)cc1F)c1cnc2ccsc2c1. The summed E-state index contributed by atoms with van der Waals surface area (Å²) in [6, 6.07) is 6.83. The van der Waals surface area contributed by atoms with Crippen molar-refractivity contribution in [3.05, 3.63) is 64.7 Å². The van der Waals surface area contributed by atoms with E-state index in [0.29, 0.717) is 5.56 Å². The molecule has 0 unspecified atom stereocenters. The number of hydrogen-bond donors (Lipinski definition) is 0. The van der Waals surface area contributed by atoms with E-state index in [-0.39, 0.29) is 17.8 Å². The topological polar surface area (TPSA) is 30.0 Å². The molecule has 0 aliphatic rings. The number of fused-ring (bicyclic) bond motifs is 1. The Labute approximate surface area is 117 Å². The van der Waals surface area contributed by atoms with Crippen molar-refractivity contribution in [3.63, 3.8) is 0 Å². The zero-order valence-electron chi connectivity index (χ0n) is 10.3. The second kappa shape index (κ2) is 5.09. The Morgan fingerprint density at radius 2 is 2.05 bits per heavy atom. The highest BCUT2D eigenvalue weighted by molar-refractivity contribution is 7.17. The lowest BCUT2D eigenvalue weighted by molar-refractivity contribution is 0.0991. The molecular formula is C15H9F2NOS. The van der Waals surface area contributed by atoms with E-state index in [1.165, 1.54) is 23.6 Å². The van der Waals surface area contributed by atoms with E-state index >= 15 is 0 Å². The number of hydrogen-bond acceptors (Lipinski definition) is 3. The number of halogens is 2. The van der Waals surface area contributed by atoms with Gasteiger partial charge in [-0.3, -0.25) is 9.78 Å². The van der Waals surface area contributed by atoms with Crippen LogP contribution in [0.3, 0.4) is 0 Å². The van der Waals surface area contributed by atoms with Crippen LogP contribution >= 0.6 is 11.3 Å². The van der Waals surface area contributed by atoms with E-state index in [1.54, 1.807) is 6.07 Å². The molecule has 2 heterocycles. The van der Waals surface area contributed by atoms with Crippen LogP contribution in [-0.2, 0) is 6.42 Å². The third kappa shape index (κ3) is 2.44. The number of rotatable bonds is 3. The maximum absolute atomic E-state index is 13.5. The maximum Gasteiger partial charge on any atom is 0.168 e. The molecule has 3 aromatic rings.